The predicted molar refractivity (Wildman–Crippen MR) is 83.7 cm³/mol. The van der Waals surface area contributed by atoms with Gasteiger partial charge in [-0.25, -0.2) is 0 Å². The zero-order chi connectivity index (χ0) is 16.7. The molecule has 0 aromatic heterocycles. The van der Waals surface area contributed by atoms with Crippen LogP contribution in [-0.2, 0) is 23.1 Å². The van der Waals surface area contributed by atoms with Gasteiger partial charge in [-0.2, -0.15) is 0 Å². The molecule has 9 heteroatoms. The van der Waals surface area contributed by atoms with E-state index in [0.717, 1.165) is 4.90 Å². The molecule has 22 heavy (non-hydrogen) atoms. The number of carboxylic acid groups (broad SMARTS) is 1. The number of alkyl halides is 3. The minimum Gasteiger partial charge on any atom is 1.00 e. The molecule has 0 saturated heterocycles. The normalized spacial score (nSPS) is 10.7. The summed E-state index contributed by atoms with van der Waals surface area (Å²) in [7, 11) is 1.78. The van der Waals surface area contributed by atoms with Gasteiger partial charge in [-0.15, -0.1) is 0 Å². The van der Waals surface area contributed by atoms with E-state index in [0.29, 0.717) is 5.56 Å². The maximum Gasteiger partial charge on any atom is 1.00 e. The van der Waals surface area contributed by atoms with E-state index < -0.39 is 38.4 Å². The molecule has 116 valence electrons. The van der Waals surface area contributed by atoms with Gasteiger partial charge in [0.15, 0.2) is 0 Å². The summed E-state index contributed by atoms with van der Waals surface area (Å²) in [4.78, 5) is 11.6. The largest absolute Gasteiger partial charge is 1.00 e. The van der Waals surface area contributed by atoms with Crippen LogP contribution in [0.1, 0.15) is 31.1 Å². The molecule has 0 aliphatic rings. The van der Waals surface area contributed by atoms with Crippen molar-refractivity contribution >= 4 is 49.0 Å². The second kappa shape index (κ2) is 12.2. The van der Waals surface area contributed by atoms with Crippen molar-refractivity contribution in [3.8, 4) is 0 Å². The second-order valence-electron chi connectivity index (χ2n) is 4.69. The van der Waals surface area contributed by atoms with Crippen LogP contribution in [0.2, 0.25) is 3.93 Å². The molecule has 0 atom stereocenters. The topological polar surface area (TPSA) is 60.4 Å². The number of rotatable bonds is 4. The van der Waals surface area contributed by atoms with Gasteiger partial charge in [-0.3, -0.25) is 0 Å². The van der Waals surface area contributed by atoms with E-state index in [4.69, 9.17) is 39.9 Å². The minimum absolute atomic E-state index is 0. The molecule has 0 amide bonds. The number of benzene rings is 1. The molecule has 0 spiro atoms. The van der Waals surface area contributed by atoms with Crippen LogP contribution in [-0.4, -0.2) is 20.5 Å². The Bertz CT molecular complexity index is 453. The van der Waals surface area contributed by atoms with Gasteiger partial charge in [0.05, 0.1) is 0 Å². The Hall–Kier alpha value is 1.81. The predicted octanol–water partition coefficient (Wildman–Crippen LogP) is 0.709. The number of aromatic carboxylic acids is 1. The van der Waals surface area contributed by atoms with Crippen LogP contribution in [0.3, 0.4) is 0 Å². The van der Waals surface area contributed by atoms with E-state index in [9.17, 15) is 9.90 Å². The van der Waals surface area contributed by atoms with Crippen molar-refractivity contribution in [2.45, 2.75) is 39.0 Å². The fourth-order valence-electron chi connectivity index (χ4n) is 0.973. The number of aliphatic hydroxyl groups is 1. The van der Waals surface area contributed by atoms with Crippen molar-refractivity contribution in [1.29, 1.82) is 0 Å². The smallest absolute Gasteiger partial charge is 1.00 e. The Morgan fingerprint density at radius 3 is 2.14 bits per heavy atom. The molecule has 0 unspecified atom stereocenters. The van der Waals surface area contributed by atoms with Crippen LogP contribution in [0.5, 0.6) is 0 Å². The van der Waals surface area contributed by atoms with Crippen molar-refractivity contribution in [1.82, 2.24) is 0 Å². The average Bonchev–Trinajstić information content (AvgIpc) is 2.35. The maximum atomic E-state index is 10.7. The van der Waals surface area contributed by atoms with Crippen molar-refractivity contribution in [3.05, 3.63) is 29.8 Å². The molecule has 0 aliphatic heterocycles. The van der Waals surface area contributed by atoms with Crippen molar-refractivity contribution in [2.24, 2.45) is 0 Å². The van der Waals surface area contributed by atoms with Crippen LogP contribution in [0.15, 0.2) is 29.2 Å². The van der Waals surface area contributed by atoms with Crippen LogP contribution in [0, 0.1) is 0 Å². The molecule has 0 saturated carbocycles. The molecule has 0 fully saturated rings. The molecule has 1 N–H and O–H groups in total. The summed E-state index contributed by atoms with van der Waals surface area (Å²) in [5.74, 6) is -1.06. The van der Waals surface area contributed by atoms with Gasteiger partial charge in [0.25, 0.3) is 0 Å². The Morgan fingerprint density at radius 1 is 1.32 bits per heavy atom. The summed E-state index contributed by atoms with van der Waals surface area (Å²) >= 11 is 15.0. The van der Waals surface area contributed by atoms with Crippen LogP contribution in [0.25, 0.3) is 0 Å². The summed E-state index contributed by atoms with van der Waals surface area (Å²) < 4.78 is -0.334. The summed E-state index contributed by atoms with van der Waals surface area (Å²) in [6, 6.07) is 7.09. The van der Waals surface area contributed by atoms with Crippen molar-refractivity contribution < 1.29 is 67.6 Å². The quantitative estimate of drug-likeness (QED) is 0.420. The van der Waals surface area contributed by atoms with Gasteiger partial charge in [0.1, 0.15) is 5.60 Å². The summed E-state index contributed by atoms with van der Waals surface area (Å²) in [5.41, 5.74) is -0.918. The molecule has 1 aromatic carbocycles. The minimum atomic E-state index is -1.59. The first-order valence-electron chi connectivity index (χ1n) is 6.23. The maximum absolute atomic E-state index is 10.7. The number of carbonyl (C=O) groups is 1. The molecule has 0 aliphatic carbocycles. The number of carbonyl (C=O) groups excluding carboxylic acids is 1. The molecular weight excluding hydrogens is 566 g/mol. The first-order valence-corrected chi connectivity index (χ1v) is 19.0. The monoisotopic (exact) mass is 582 g/mol. The molecule has 1 aromatic rings. The molecule has 0 bridgehead atoms. The van der Waals surface area contributed by atoms with Crippen LogP contribution in [0.4, 0.5) is 0 Å². The Labute approximate surface area is 183 Å². The fraction of sp³-hybridized carbons (Fsp3) is 0.462. The standard InChI is InChI=1S/C7H6O2S.C4H7Cl3O.C2H5.Hg.Na/c8-7(9)5-3-1-2-4-6(5)10;1-3(2,8)4(5,6)7;1-2;;/h1-4,10H,(H,8,9);8H,1-2H3;1H2,2H3;;/q;;;2*+1/p-2. The van der Waals surface area contributed by atoms with Gasteiger partial charge in [-0.1, -0.05) is 34.8 Å². The Morgan fingerprint density at radius 2 is 1.77 bits per heavy atom. The average molecular weight is 582 g/mol. The zero-order valence-electron chi connectivity index (χ0n) is 13.0. The first kappa shape index (κ1) is 26.0. The summed E-state index contributed by atoms with van der Waals surface area (Å²) in [5, 5.41) is 19.6. The van der Waals surface area contributed by atoms with E-state index >= 15 is 0 Å². The SMILES string of the molecule is CC(C)(O)C(Cl)(Cl)Cl.C[CH2][Hg][S]c1ccccc1C(=O)[O-].[Na+]. The zero-order valence-corrected chi connectivity index (χ0v) is 23.6. The van der Waals surface area contributed by atoms with Gasteiger partial charge < -0.3 is 5.11 Å². The Balaban J connectivity index is 0. The third-order valence-electron chi connectivity index (χ3n) is 2.26. The van der Waals surface area contributed by atoms with Gasteiger partial charge in [0, 0.05) is 0 Å². The summed E-state index contributed by atoms with van der Waals surface area (Å²) in [6.07, 6.45) is 0. The van der Waals surface area contributed by atoms with E-state index in [1.165, 1.54) is 17.8 Å². The Kier molecular flexibility index (Phi) is 14.4. The molecule has 3 nitrogen and oxygen atoms in total. The van der Waals surface area contributed by atoms with Gasteiger partial charge in [0.2, 0.25) is 3.79 Å². The number of hydrogen-bond acceptors (Lipinski definition) is 4. The van der Waals surface area contributed by atoms with Crippen LogP contribution < -0.4 is 34.7 Å². The third kappa shape index (κ3) is 10.6. The van der Waals surface area contributed by atoms with Crippen molar-refractivity contribution in [2.75, 3.05) is 0 Å². The van der Waals surface area contributed by atoms with E-state index in [1.807, 2.05) is 12.1 Å². The van der Waals surface area contributed by atoms with E-state index in [2.05, 4.69) is 6.92 Å². The van der Waals surface area contributed by atoms with E-state index in [1.54, 1.807) is 20.4 Å². The van der Waals surface area contributed by atoms with Gasteiger partial charge >= 0.3 is 122 Å². The van der Waals surface area contributed by atoms with E-state index in [-0.39, 0.29) is 29.6 Å². The number of hydrogen-bond donors (Lipinski definition) is 1. The van der Waals surface area contributed by atoms with Crippen molar-refractivity contribution in [3.63, 3.8) is 0 Å². The number of halogens is 3. The molecule has 1 rings (SSSR count). The number of carboxylic acids is 1. The van der Waals surface area contributed by atoms with Gasteiger partial charge in [-0.05, 0) is 13.8 Å². The molecular formula is C13H16Cl3HgNaO3S. The summed E-state index contributed by atoms with van der Waals surface area (Å²) in [6.45, 7) is 5.02. The third-order valence-corrected chi connectivity index (χ3v) is 15.7. The first-order chi connectivity index (χ1) is 9.50. The fourth-order valence-corrected chi connectivity index (χ4v) is 9.76. The molecule has 0 radical (unpaired) electrons. The second-order valence-corrected chi connectivity index (χ2v) is 20.1. The molecule has 0 heterocycles. The van der Waals surface area contributed by atoms with Crippen LogP contribution >= 0.6 is 43.0 Å².